The van der Waals surface area contributed by atoms with E-state index < -0.39 is 0 Å². The Hall–Kier alpha value is -1.31. The predicted octanol–water partition coefficient (Wildman–Crippen LogP) is 1.47. The molecule has 0 aromatic carbocycles. The normalized spacial score (nSPS) is 26.5. The van der Waals surface area contributed by atoms with E-state index in [0.717, 1.165) is 24.9 Å². The van der Waals surface area contributed by atoms with Gasteiger partial charge in [-0.25, -0.2) is 0 Å². The smallest absolute Gasteiger partial charge is 0.126 e. The van der Waals surface area contributed by atoms with Crippen LogP contribution in [0.15, 0.2) is 36.2 Å². The monoisotopic (exact) mass is 161 g/mol. The Bertz CT molecular complexity index is 276. The first-order valence-corrected chi connectivity index (χ1v) is 4.19. The Kier molecular flexibility index (Phi) is 1.82. The molecule has 62 valence electrons. The summed E-state index contributed by atoms with van der Waals surface area (Å²) < 4.78 is 0. The van der Waals surface area contributed by atoms with Gasteiger partial charge in [0.05, 0.1) is 0 Å². The zero-order valence-corrected chi connectivity index (χ0v) is 6.81. The Morgan fingerprint density at radius 2 is 2.42 bits per heavy atom. The van der Waals surface area contributed by atoms with Gasteiger partial charge in [0, 0.05) is 24.4 Å². The highest BCUT2D eigenvalue weighted by Crippen LogP contribution is 2.21. The number of aldehydes is 1. The fraction of sp³-hybridized carbons (Fsp3) is 0.300. The Morgan fingerprint density at radius 1 is 1.50 bits per heavy atom. The number of carbonyl (C=O) groups is 1. The summed E-state index contributed by atoms with van der Waals surface area (Å²) in [6.07, 6.45) is 12.1. The van der Waals surface area contributed by atoms with Crippen LogP contribution < -0.4 is 0 Å². The lowest BCUT2D eigenvalue weighted by Crippen LogP contribution is -2.26. The van der Waals surface area contributed by atoms with Crippen LogP contribution in [0.5, 0.6) is 0 Å². The lowest BCUT2D eigenvalue weighted by molar-refractivity contribution is -0.110. The summed E-state index contributed by atoms with van der Waals surface area (Å²) in [5, 5.41) is 0. The van der Waals surface area contributed by atoms with Gasteiger partial charge < -0.3 is 9.69 Å². The maximum absolute atomic E-state index is 10.5. The Labute approximate surface area is 71.9 Å². The molecule has 0 aromatic rings. The third kappa shape index (κ3) is 1.20. The number of hydrogen-bond acceptors (Lipinski definition) is 2. The summed E-state index contributed by atoms with van der Waals surface area (Å²) >= 11 is 0. The van der Waals surface area contributed by atoms with Crippen molar-refractivity contribution >= 4 is 6.29 Å². The van der Waals surface area contributed by atoms with E-state index >= 15 is 0 Å². The van der Waals surface area contributed by atoms with Gasteiger partial charge in [0.25, 0.3) is 0 Å². The molecule has 2 nitrogen and oxygen atoms in total. The number of nitrogens with zero attached hydrogens (tertiary/aromatic N) is 1. The molecule has 2 rings (SSSR count). The number of fused-ring (bicyclic) bond motifs is 1. The molecule has 0 spiro atoms. The molecule has 12 heavy (non-hydrogen) atoms. The summed E-state index contributed by atoms with van der Waals surface area (Å²) in [7, 11) is 0. The molecule has 2 aliphatic heterocycles. The van der Waals surface area contributed by atoms with E-state index in [9.17, 15) is 4.79 Å². The van der Waals surface area contributed by atoms with E-state index in [2.05, 4.69) is 4.90 Å². The molecule has 0 aromatic heterocycles. The number of allylic oxidation sites excluding steroid dienone is 4. The summed E-state index contributed by atoms with van der Waals surface area (Å²) in [4.78, 5) is 12.7. The van der Waals surface area contributed by atoms with Crippen molar-refractivity contribution in [3.63, 3.8) is 0 Å². The Morgan fingerprint density at radius 3 is 3.25 bits per heavy atom. The highest BCUT2D eigenvalue weighted by molar-refractivity contribution is 5.58. The predicted molar refractivity (Wildman–Crippen MR) is 47.2 cm³/mol. The van der Waals surface area contributed by atoms with Crippen LogP contribution in [0.2, 0.25) is 0 Å². The van der Waals surface area contributed by atoms with Crippen LogP contribution in [0, 0.1) is 5.92 Å². The minimum Gasteiger partial charge on any atom is -0.348 e. The molecule has 1 atom stereocenters. The van der Waals surface area contributed by atoms with Crippen molar-refractivity contribution in [2.24, 2.45) is 5.92 Å². The molecule has 2 aliphatic rings. The zero-order chi connectivity index (χ0) is 8.39. The summed E-state index contributed by atoms with van der Waals surface area (Å²) in [6, 6.07) is 0. The minimum absolute atomic E-state index is 0.118. The second-order valence-corrected chi connectivity index (χ2v) is 3.07. The molecule has 0 N–H and O–H groups in total. The van der Waals surface area contributed by atoms with Gasteiger partial charge in [-0.15, -0.1) is 0 Å². The SMILES string of the molecule is O=CC1C=C2C=CC=CN2CC1. The average molecular weight is 161 g/mol. The third-order valence-electron chi connectivity index (χ3n) is 2.24. The van der Waals surface area contributed by atoms with Crippen LogP contribution in [0.4, 0.5) is 0 Å². The standard InChI is InChI=1S/C10H11NO/c12-8-9-4-6-11-5-2-1-3-10(11)7-9/h1-3,5,7-9H,4,6H2. The van der Waals surface area contributed by atoms with Gasteiger partial charge in [0.15, 0.2) is 0 Å². The first-order chi connectivity index (χ1) is 5.90. The molecule has 0 fully saturated rings. The van der Waals surface area contributed by atoms with Crippen molar-refractivity contribution in [3.05, 3.63) is 36.2 Å². The number of carbonyl (C=O) groups excluding carboxylic acids is 1. The van der Waals surface area contributed by atoms with Gasteiger partial charge in [0.1, 0.15) is 6.29 Å². The molecule has 0 amide bonds. The van der Waals surface area contributed by atoms with Crippen molar-refractivity contribution in [2.45, 2.75) is 6.42 Å². The first kappa shape index (κ1) is 7.35. The summed E-state index contributed by atoms with van der Waals surface area (Å²) in [5.74, 6) is 0.118. The average Bonchev–Trinajstić information content (AvgIpc) is 2.17. The second kappa shape index (κ2) is 2.97. The van der Waals surface area contributed by atoms with Crippen molar-refractivity contribution < 1.29 is 4.79 Å². The summed E-state index contributed by atoms with van der Waals surface area (Å²) in [6.45, 7) is 0.954. The molecule has 2 heterocycles. The molecular formula is C10H11NO. The molecule has 0 aliphatic carbocycles. The van der Waals surface area contributed by atoms with Crippen molar-refractivity contribution in [2.75, 3.05) is 6.54 Å². The maximum Gasteiger partial charge on any atom is 0.126 e. The zero-order valence-electron chi connectivity index (χ0n) is 6.81. The molecule has 1 unspecified atom stereocenters. The van der Waals surface area contributed by atoms with Crippen molar-refractivity contribution in [1.29, 1.82) is 0 Å². The first-order valence-electron chi connectivity index (χ1n) is 4.19. The van der Waals surface area contributed by atoms with E-state index in [1.165, 1.54) is 0 Å². The molecule has 0 saturated heterocycles. The largest absolute Gasteiger partial charge is 0.348 e. The van der Waals surface area contributed by atoms with Gasteiger partial charge in [-0.05, 0) is 18.6 Å². The van der Waals surface area contributed by atoms with E-state index in [-0.39, 0.29) is 5.92 Å². The van der Waals surface area contributed by atoms with Gasteiger partial charge in [-0.3, -0.25) is 0 Å². The van der Waals surface area contributed by atoms with Crippen LogP contribution >= 0.6 is 0 Å². The minimum atomic E-state index is 0.118. The van der Waals surface area contributed by atoms with Gasteiger partial charge in [-0.1, -0.05) is 12.2 Å². The van der Waals surface area contributed by atoms with Crippen molar-refractivity contribution in [1.82, 2.24) is 4.90 Å². The number of hydrogen-bond donors (Lipinski definition) is 0. The fourth-order valence-corrected chi connectivity index (χ4v) is 1.54. The fourth-order valence-electron chi connectivity index (χ4n) is 1.54. The van der Waals surface area contributed by atoms with Crippen molar-refractivity contribution in [3.8, 4) is 0 Å². The van der Waals surface area contributed by atoms with Crippen LogP contribution in [0.25, 0.3) is 0 Å². The lowest BCUT2D eigenvalue weighted by Gasteiger charge is -2.29. The topological polar surface area (TPSA) is 20.3 Å². The Balaban J connectivity index is 2.24. The quantitative estimate of drug-likeness (QED) is 0.543. The highest BCUT2D eigenvalue weighted by Gasteiger charge is 2.16. The molecule has 0 saturated carbocycles. The molecule has 0 radical (unpaired) electrons. The molecule has 0 bridgehead atoms. The third-order valence-corrected chi connectivity index (χ3v) is 2.24. The van der Waals surface area contributed by atoms with Crippen LogP contribution in [0.3, 0.4) is 0 Å². The van der Waals surface area contributed by atoms with Gasteiger partial charge in [0.2, 0.25) is 0 Å². The van der Waals surface area contributed by atoms with E-state index in [4.69, 9.17) is 0 Å². The van der Waals surface area contributed by atoms with Gasteiger partial charge in [-0.2, -0.15) is 0 Å². The highest BCUT2D eigenvalue weighted by atomic mass is 16.1. The summed E-state index contributed by atoms with van der Waals surface area (Å²) in [5.41, 5.74) is 1.15. The second-order valence-electron chi connectivity index (χ2n) is 3.07. The van der Waals surface area contributed by atoms with Crippen LogP contribution in [0.1, 0.15) is 6.42 Å². The van der Waals surface area contributed by atoms with E-state index in [1.54, 1.807) is 0 Å². The van der Waals surface area contributed by atoms with Gasteiger partial charge >= 0.3 is 0 Å². The van der Waals surface area contributed by atoms with Crippen LogP contribution in [-0.2, 0) is 4.79 Å². The molecule has 2 heteroatoms. The maximum atomic E-state index is 10.5. The van der Waals surface area contributed by atoms with E-state index in [1.807, 2.05) is 30.5 Å². The van der Waals surface area contributed by atoms with E-state index in [0.29, 0.717) is 0 Å². The lowest BCUT2D eigenvalue weighted by atomic mass is 10.00. The number of rotatable bonds is 1. The van der Waals surface area contributed by atoms with Crippen LogP contribution in [-0.4, -0.2) is 17.7 Å². The molecular weight excluding hydrogens is 150 g/mol.